The van der Waals surface area contributed by atoms with Crippen LogP contribution in [0.3, 0.4) is 0 Å². The minimum Gasteiger partial charge on any atom is -0.481 e. The number of aliphatic carboxylic acids is 1. The van der Waals surface area contributed by atoms with Gasteiger partial charge in [-0.2, -0.15) is 5.10 Å². The van der Waals surface area contributed by atoms with E-state index in [0.29, 0.717) is 10.6 Å². The number of para-hydroxylation sites is 1. The molecular weight excluding hydrogens is 416 g/mol. The second-order valence-electron chi connectivity index (χ2n) is 6.74. The molecule has 4 rings (SSSR count). The molecule has 0 spiro atoms. The van der Waals surface area contributed by atoms with Gasteiger partial charge in [-0.25, -0.2) is 9.48 Å². The maximum absolute atomic E-state index is 13.3. The molecule has 0 aliphatic rings. The molecule has 0 aliphatic carbocycles. The molecule has 31 heavy (non-hydrogen) atoms. The van der Waals surface area contributed by atoms with Gasteiger partial charge in [0, 0.05) is 11.2 Å². The van der Waals surface area contributed by atoms with Crippen LogP contribution in [0.2, 0.25) is 5.02 Å². The van der Waals surface area contributed by atoms with E-state index in [1.54, 1.807) is 41.2 Å². The maximum atomic E-state index is 13.3. The fourth-order valence-corrected chi connectivity index (χ4v) is 3.24. The molecule has 0 atom stereocenters. The van der Waals surface area contributed by atoms with Crippen molar-refractivity contribution >= 4 is 23.4 Å². The highest BCUT2D eigenvalue weighted by molar-refractivity contribution is 6.30. The maximum Gasteiger partial charge on any atom is 0.341 e. The molecule has 1 N–H and O–H groups in total. The van der Waals surface area contributed by atoms with Crippen LogP contribution in [-0.4, -0.2) is 33.2 Å². The van der Waals surface area contributed by atoms with Crippen molar-refractivity contribution in [2.45, 2.75) is 0 Å². The zero-order chi connectivity index (χ0) is 21.8. The molecule has 6 nitrogen and oxygen atoms in total. The molecule has 1 heterocycles. The summed E-state index contributed by atoms with van der Waals surface area (Å²) in [6.45, 7) is -0.552. The average molecular weight is 433 g/mol. The number of carboxylic acid groups (broad SMARTS) is 1. The Kier molecular flexibility index (Phi) is 5.82. The molecule has 0 saturated carbocycles. The van der Waals surface area contributed by atoms with Crippen molar-refractivity contribution in [1.29, 1.82) is 0 Å². The lowest BCUT2D eigenvalue weighted by molar-refractivity contribution is -0.139. The van der Waals surface area contributed by atoms with E-state index in [1.165, 1.54) is 6.20 Å². The van der Waals surface area contributed by atoms with Crippen LogP contribution in [0.1, 0.15) is 15.9 Å². The second-order valence-corrected chi connectivity index (χ2v) is 7.17. The number of hydrogen-bond acceptors (Lipinski definition) is 4. The molecule has 3 aromatic carbocycles. The van der Waals surface area contributed by atoms with Gasteiger partial charge >= 0.3 is 5.97 Å². The Morgan fingerprint density at radius 2 is 1.68 bits per heavy atom. The predicted octanol–water partition coefficient (Wildman–Crippen LogP) is 4.89. The highest BCUT2D eigenvalue weighted by Crippen LogP contribution is 2.29. The fraction of sp³-hybridized carbons (Fsp3) is 0.0417. The van der Waals surface area contributed by atoms with Gasteiger partial charge in [0.2, 0.25) is 0 Å². The number of carbonyl (C=O) groups is 2. The number of benzene rings is 3. The van der Waals surface area contributed by atoms with Crippen molar-refractivity contribution in [2.75, 3.05) is 6.61 Å². The van der Waals surface area contributed by atoms with Crippen LogP contribution in [0.5, 0.6) is 5.75 Å². The Bertz CT molecular complexity index is 1230. The molecule has 0 bridgehead atoms. The first kappa shape index (κ1) is 20.4. The highest BCUT2D eigenvalue weighted by atomic mass is 35.5. The lowest BCUT2D eigenvalue weighted by Crippen LogP contribution is -2.12. The van der Waals surface area contributed by atoms with Crippen LogP contribution in [0.25, 0.3) is 16.8 Å². The van der Waals surface area contributed by atoms with Crippen LogP contribution in [0, 0.1) is 0 Å². The number of carboxylic acids is 1. The molecule has 1 aromatic heterocycles. The molecule has 154 valence electrons. The van der Waals surface area contributed by atoms with Gasteiger partial charge in [-0.3, -0.25) is 4.79 Å². The third kappa shape index (κ3) is 4.65. The quantitative estimate of drug-likeness (QED) is 0.420. The first-order chi connectivity index (χ1) is 15.0. The summed E-state index contributed by atoms with van der Waals surface area (Å²) in [6, 6.07) is 21.7. The molecule has 0 unspecified atom stereocenters. The van der Waals surface area contributed by atoms with Crippen molar-refractivity contribution < 1.29 is 19.4 Å². The standard InChI is InChI=1S/C24H17ClN2O4/c25-19-9-6-16(7-10-19)17-8-11-22(31-15-23(28)29)21(12-17)24(30)18-13-26-27(14-18)20-4-2-1-3-5-20/h1-14H,15H2,(H,28,29). The first-order valence-corrected chi connectivity index (χ1v) is 9.78. The number of halogens is 1. The van der Waals surface area contributed by atoms with Crippen LogP contribution in [0.4, 0.5) is 0 Å². The third-order valence-corrected chi connectivity index (χ3v) is 4.87. The van der Waals surface area contributed by atoms with Gasteiger partial charge in [-0.15, -0.1) is 0 Å². The SMILES string of the molecule is O=C(O)COc1ccc(-c2ccc(Cl)cc2)cc1C(=O)c1cnn(-c2ccccc2)c1. The van der Waals surface area contributed by atoms with E-state index in [-0.39, 0.29) is 17.1 Å². The van der Waals surface area contributed by atoms with E-state index in [4.69, 9.17) is 21.4 Å². The van der Waals surface area contributed by atoms with Crippen molar-refractivity contribution in [2.24, 2.45) is 0 Å². The second kappa shape index (κ2) is 8.85. The zero-order valence-electron chi connectivity index (χ0n) is 16.2. The van der Waals surface area contributed by atoms with E-state index in [1.807, 2.05) is 42.5 Å². The van der Waals surface area contributed by atoms with Crippen molar-refractivity contribution in [3.8, 4) is 22.6 Å². The highest BCUT2D eigenvalue weighted by Gasteiger charge is 2.19. The topological polar surface area (TPSA) is 81.4 Å². The van der Waals surface area contributed by atoms with E-state index in [2.05, 4.69) is 5.10 Å². The Morgan fingerprint density at radius 3 is 2.39 bits per heavy atom. The number of hydrogen-bond donors (Lipinski definition) is 1. The molecule has 0 aliphatic heterocycles. The lowest BCUT2D eigenvalue weighted by Gasteiger charge is -2.11. The van der Waals surface area contributed by atoms with Gasteiger partial charge in [0.05, 0.1) is 23.0 Å². The Morgan fingerprint density at radius 1 is 0.968 bits per heavy atom. The fourth-order valence-electron chi connectivity index (χ4n) is 3.11. The van der Waals surface area contributed by atoms with Gasteiger partial charge in [0.15, 0.2) is 12.4 Å². The Hall–Kier alpha value is -3.90. The van der Waals surface area contributed by atoms with Crippen LogP contribution < -0.4 is 4.74 Å². The monoisotopic (exact) mass is 432 g/mol. The average Bonchev–Trinajstić information content (AvgIpc) is 3.28. The molecule has 4 aromatic rings. The summed E-state index contributed by atoms with van der Waals surface area (Å²) in [4.78, 5) is 24.3. The first-order valence-electron chi connectivity index (χ1n) is 9.40. The van der Waals surface area contributed by atoms with E-state index in [9.17, 15) is 9.59 Å². The minimum atomic E-state index is -1.13. The van der Waals surface area contributed by atoms with Crippen molar-refractivity contribution in [1.82, 2.24) is 9.78 Å². The largest absolute Gasteiger partial charge is 0.481 e. The van der Waals surface area contributed by atoms with E-state index < -0.39 is 12.6 Å². The molecule has 0 fully saturated rings. The summed E-state index contributed by atoms with van der Waals surface area (Å²) in [5.74, 6) is -1.26. The number of nitrogens with zero attached hydrogens (tertiary/aromatic N) is 2. The molecule has 0 saturated heterocycles. The van der Waals surface area contributed by atoms with Gasteiger partial charge in [0.1, 0.15) is 5.75 Å². The van der Waals surface area contributed by atoms with Gasteiger partial charge in [-0.1, -0.05) is 48.0 Å². The van der Waals surface area contributed by atoms with Gasteiger partial charge in [-0.05, 0) is 47.5 Å². The molecular formula is C24H17ClN2O4. The predicted molar refractivity (Wildman–Crippen MR) is 117 cm³/mol. The minimum absolute atomic E-state index is 0.192. The Balaban J connectivity index is 1.72. The number of ketones is 1. The summed E-state index contributed by atoms with van der Waals surface area (Å²) in [7, 11) is 0. The van der Waals surface area contributed by atoms with E-state index >= 15 is 0 Å². The number of aromatic nitrogens is 2. The number of rotatable bonds is 7. The van der Waals surface area contributed by atoms with Crippen molar-refractivity contribution in [3.63, 3.8) is 0 Å². The summed E-state index contributed by atoms with van der Waals surface area (Å²) in [6.07, 6.45) is 3.11. The third-order valence-electron chi connectivity index (χ3n) is 4.62. The lowest BCUT2D eigenvalue weighted by atomic mass is 9.98. The Labute approximate surface area is 183 Å². The van der Waals surface area contributed by atoms with Gasteiger partial charge < -0.3 is 9.84 Å². The molecule has 7 heteroatoms. The zero-order valence-corrected chi connectivity index (χ0v) is 17.0. The van der Waals surface area contributed by atoms with Crippen LogP contribution >= 0.6 is 11.6 Å². The molecule has 0 radical (unpaired) electrons. The number of carbonyl (C=O) groups excluding carboxylic acids is 1. The number of ether oxygens (including phenoxy) is 1. The van der Waals surface area contributed by atoms with E-state index in [0.717, 1.165) is 16.8 Å². The van der Waals surface area contributed by atoms with Crippen LogP contribution in [0.15, 0.2) is 85.2 Å². The summed E-state index contributed by atoms with van der Waals surface area (Å²) in [5, 5.41) is 13.9. The summed E-state index contributed by atoms with van der Waals surface area (Å²) in [5.41, 5.74) is 3.07. The summed E-state index contributed by atoms with van der Waals surface area (Å²) < 4.78 is 6.98. The van der Waals surface area contributed by atoms with Gasteiger partial charge in [0.25, 0.3) is 0 Å². The van der Waals surface area contributed by atoms with Crippen molar-refractivity contribution in [3.05, 3.63) is 101 Å². The molecule has 0 amide bonds. The van der Waals surface area contributed by atoms with Crippen LogP contribution in [-0.2, 0) is 4.79 Å². The summed E-state index contributed by atoms with van der Waals surface area (Å²) >= 11 is 5.97. The smallest absolute Gasteiger partial charge is 0.341 e. The normalized spacial score (nSPS) is 10.6.